The predicted molar refractivity (Wildman–Crippen MR) is 137 cm³/mol. The van der Waals surface area contributed by atoms with Gasteiger partial charge in [0, 0.05) is 12.4 Å². The van der Waals surface area contributed by atoms with Gasteiger partial charge in [-0.05, 0) is 51.8 Å². The second kappa shape index (κ2) is 11.0. The van der Waals surface area contributed by atoms with Crippen LogP contribution in [0.5, 0.6) is 0 Å². The Morgan fingerprint density at radius 2 is 0.935 bits per heavy atom. The number of para-hydroxylation sites is 2. The van der Waals surface area contributed by atoms with Crippen molar-refractivity contribution < 1.29 is 0 Å². The van der Waals surface area contributed by atoms with Crippen molar-refractivity contribution in [1.29, 1.82) is 5.41 Å². The fraction of sp³-hybridized carbons (Fsp3) is 0.429. The summed E-state index contributed by atoms with van der Waals surface area (Å²) in [7, 11) is 0. The van der Waals surface area contributed by atoms with Crippen LogP contribution in [0.3, 0.4) is 0 Å². The Morgan fingerprint density at radius 1 is 0.645 bits per heavy atom. The monoisotopic (exact) mass is 415 g/mol. The summed E-state index contributed by atoms with van der Waals surface area (Å²) in [5.74, 6) is 4.00. The second-order valence-corrected chi connectivity index (χ2v) is 9.29. The standard InChI is InChI=1S/C28H37N3/c1-18(2)23-11-9-12-24(19(3)4)27(23)30-16-22(15-29)17-31-28-25(20(5)6)13-10-14-26(28)21(7)8/h9-14,16-21,29H,1-8H3. The van der Waals surface area contributed by atoms with Crippen LogP contribution in [0.1, 0.15) is 101 Å². The van der Waals surface area contributed by atoms with Gasteiger partial charge in [0.05, 0.1) is 16.9 Å². The number of aliphatic imine (C=N–C) groups is 2. The molecule has 2 rings (SSSR count). The molecule has 0 aliphatic heterocycles. The third-order valence-electron chi connectivity index (χ3n) is 5.49. The molecule has 0 fully saturated rings. The van der Waals surface area contributed by atoms with E-state index in [4.69, 9.17) is 15.4 Å². The lowest BCUT2D eigenvalue weighted by atomic mass is 9.93. The van der Waals surface area contributed by atoms with Gasteiger partial charge in [0.25, 0.3) is 0 Å². The van der Waals surface area contributed by atoms with Crippen LogP contribution in [-0.2, 0) is 0 Å². The van der Waals surface area contributed by atoms with E-state index in [0.717, 1.165) is 11.4 Å². The van der Waals surface area contributed by atoms with Gasteiger partial charge < -0.3 is 0 Å². The predicted octanol–water partition coefficient (Wildman–Crippen LogP) is 8.46. The van der Waals surface area contributed by atoms with E-state index < -0.39 is 0 Å². The maximum absolute atomic E-state index is 7.77. The van der Waals surface area contributed by atoms with Crippen LogP contribution in [0.15, 0.2) is 52.0 Å². The minimum atomic E-state index is 0.374. The lowest BCUT2D eigenvalue weighted by Gasteiger charge is -2.16. The molecule has 0 amide bonds. The molecule has 31 heavy (non-hydrogen) atoms. The van der Waals surface area contributed by atoms with Crippen LogP contribution in [0.4, 0.5) is 11.4 Å². The Labute approximate surface area is 188 Å². The average Bonchev–Trinajstić information content (AvgIpc) is 2.72. The Kier molecular flexibility index (Phi) is 8.71. The van der Waals surface area contributed by atoms with Crippen LogP contribution >= 0.6 is 0 Å². The first-order valence-corrected chi connectivity index (χ1v) is 11.3. The van der Waals surface area contributed by atoms with E-state index in [1.54, 1.807) is 12.4 Å². The van der Waals surface area contributed by atoms with Crippen LogP contribution in [0.2, 0.25) is 0 Å². The highest BCUT2D eigenvalue weighted by Crippen LogP contribution is 2.35. The first-order valence-electron chi connectivity index (χ1n) is 11.3. The normalized spacial score (nSPS) is 12.1. The van der Waals surface area contributed by atoms with E-state index >= 15 is 0 Å². The van der Waals surface area contributed by atoms with Gasteiger partial charge in [0.2, 0.25) is 0 Å². The SMILES string of the molecule is CC(C)c1cccc(C(C)C)c1N=CC(=C=N)C=Nc1c(C(C)C)cccc1C(C)C. The van der Waals surface area contributed by atoms with Gasteiger partial charge in [-0.2, -0.15) is 0 Å². The summed E-state index contributed by atoms with van der Waals surface area (Å²) in [5, 5.41) is 7.77. The molecule has 0 aliphatic carbocycles. The third kappa shape index (κ3) is 6.12. The highest BCUT2D eigenvalue weighted by atomic mass is 14.8. The second-order valence-electron chi connectivity index (χ2n) is 9.29. The van der Waals surface area contributed by atoms with E-state index in [1.807, 2.05) is 0 Å². The van der Waals surface area contributed by atoms with Gasteiger partial charge in [-0.15, -0.1) is 0 Å². The molecule has 0 unspecified atom stereocenters. The van der Waals surface area contributed by atoms with Crippen molar-refractivity contribution in [2.24, 2.45) is 9.98 Å². The topological polar surface area (TPSA) is 48.6 Å². The molecule has 2 aromatic carbocycles. The highest BCUT2D eigenvalue weighted by molar-refractivity contribution is 6.13. The zero-order valence-electron chi connectivity index (χ0n) is 20.3. The Bertz CT molecular complexity index is 873. The molecule has 3 nitrogen and oxygen atoms in total. The summed E-state index contributed by atoms with van der Waals surface area (Å²) in [5.41, 5.74) is 7.43. The van der Waals surface area contributed by atoms with Crippen molar-refractivity contribution in [2.75, 3.05) is 0 Å². The molecular formula is C28H37N3. The van der Waals surface area contributed by atoms with Crippen molar-refractivity contribution in [3.05, 3.63) is 64.2 Å². The molecule has 164 valence electrons. The zero-order valence-corrected chi connectivity index (χ0v) is 20.3. The molecule has 0 aromatic heterocycles. The lowest BCUT2D eigenvalue weighted by molar-refractivity contribution is 0.835. The molecule has 0 spiro atoms. The van der Waals surface area contributed by atoms with Crippen molar-refractivity contribution in [3.8, 4) is 0 Å². The van der Waals surface area contributed by atoms with Gasteiger partial charge in [-0.25, -0.2) is 0 Å². The molecule has 0 atom stereocenters. The quantitative estimate of drug-likeness (QED) is 0.420. The van der Waals surface area contributed by atoms with E-state index in [-0.39, 0.29) is 0 Å². The molecule has 0 bridgehead atoms. The molecule has 0 radical (unpaired) electrons. The van der Waals surface area contributed by atoms with Crippen LogP contribution in [0.25, 0.3) is 0 Å². The van der Waals surface area contributed by atoms with Crippen molar-refractivity contribution in [2.45, 2.75) is 79.1 Å². The van der Waals surface area contributed by atoms with Crippen molar-refractivity contribution in [1.82, 2.24) is 0 Å². The van der Waals surface area contributed by atoms with E-state index in [1.165, 1.54) is 22.3 Å². The summed E-state index contributed by atoms with van der Waals surface area (Å²) in [6.45, 7) is 17.5. The Morgan fingerprint density at radius 3 is 1.16 bits per heavy atom. The first kappa shape index (κ1) is 24.5. The van der Waals surface area contributed by atoms with E-state index in [0.29, 0.717) is 29.2 Å². The Balaban J connectivity index is 2.47. The fourth-order valence-corrected chi connectivity index (χ4v) is 3.69. The maximum Gasteiger partial charge on any atom is 0.0719 e. The molecule has 0 heterocycles. The van der Waals surface area contributed by atoms with Gasteiger partial charge in [0.1, 0.15) is 0 Å². The van der Waals surface area contributed by atoms with E-state index in [2.05, 4.69) is 97.7 Å². The van der Waals surface area contributed by atoms with E-state index in [9.17, 15) is 0 Å². The van der Waals surface area contributed by atoms with Gasteiger partial charge >= 0.3 is 0 Å². The minimum absolute atomic E-state index is 0.374. The fourth-order valence-electron chi connectivity index (χ4n) is 3.69. The summed E-state index contributed by atoms with van der Waals surface area (Å²) >= 11 is 0. The molecule has 3 heteroatoms. The Hall–Kier alpha value is -2.77. The smallest absolute Gasteiger partial charge is 0.0719 e. The molecule has 0 aliphatic rings. The van der Waals surface area contributed by atoms with Crippen molar-refractivity contribution in [3.63, 3.8) is 0 Å². The molecule has 0 saturated carbocycles. The largest absolute Gasteiger partial charge is 0.258 e. The van der Waals surface area contributed by atoms with Crippen LogP contribution in [-0.4, -0.2) is 18.3 Å². The molecule has 0 saturated heterocycles. The number of nitrogens with zero attached hydrogens (tertiary/aromatic N) is 2. The molecular weight excluding hydrogens is 378 g/mol. The third-order valence-corrected chi connectivity index (χ3v) is 5.49. The molecule has 1 N–H and O–H groups in total. The number of nitrogens with one attached hydrogen (secondary N) is 1. The number of hydrogen-bond donors (Lipinski definition) is 1. The zero-order chi connectivity index (χ0) is 23.1. The summed E-state index contributed by atoms with van der Waals surface area (Å²) < 4.78 is 0. The van der Waals surface area contributed by atoms with Crippen LogP contribution in [0, 0.1) is 5.41 Å². The van der Waals surface area contributed by atoms with Crippen LogP contribution < -0.4 is 0 Å². The van der Waals surface area contributed by atoms with Gasteiger partial charge in [-0.1, -0.05) is 91.8 Å². The van der Waals surface area contributed by atoms with Crippen molar-refractivity contribution >= 4 is 29.7 Å². The van der Waals surface area contributed by atoms with Gasteiger partial charge in [0.15, 0.2) is 0 Å². The minimum Gasteiger partial charge on any atom is -0.258 e. The number of hydrogen-bond acceptors (Lipinski definition) is 3. The lowest BCUT2D eigenvalue weighted by Crippen LogP contribution is -1.97. The first-order chi connectivity index (χ1) is 14.7. The summed E-state index contributed by atoms with van der Waals surface area (Å²) in [4.78, 5) is 9.62. The number of allylic oxidation sites excluding steroid dienone is 1. The summed E-state index contributed by atoms with van der Waals surface area (Å²) in [6.07, 6.45) is 3.44. The summed E-state index contributed by atoms with van der Waals surface area (Å²) in [6, 6.07) is 12.8. The number of benzene rings is 2. The number of rotatable bonds is 8. The highest BCUT2D eigenvalue weighted by Gasteiger charge is 2.14. The van der Waals surface area contributed by atoms with Gasteiger partial charge in [-0.3, -0.25) is 15.4 Å². The maximum atomic E-state index is 7.77. The average molecular weight is 416 g/mol. The molecule has 2 aromatic rings.